The molecule has 0 unspecified atom stereocenters. The maximum atomic E-state index is 12.4. The number of rotatable bonds is 2. The van der Waals surface area contributed by atoms with Gasteiger partial charge in [-0.3, -0.25) is 4.79 Å². The van der Waals surface area contributed by atoms with Gasteiger partial charge in [0.15, 0.2) is 0 Å². The molecule has 1 aromatic heterocycles. The first-order valence-corrected chi connectivity index (χ1v) is 7.53. The Balaban J connectivity index is 1.64. The smallest absolute Gasteiger partial charge is 0.318 e. The molecule has 110 valence electrons. The van der Waals surface area contributed by atoms with Gasteiger partial charge < -0.3 is 14.2 Å². The zero-order valence-corrected chi connectivity index (χ0v) is 13.2. The lowest BCUT2D eigenvalue weighted by atomic mass is 10.2. The second-order valence-electron chi connectivity index (χ2n) is 4.89. The van der Waals surface area contributed by atoms with Crippen LogP contribution in [0.15, 0.2) is 33.2 Å². The summed E-state index contributed by atoms with van der Waals surface area (Å²) in [4.78, 5) is 16.3. The van der Waals surface area contributed by atoms with E-state index < -0.39 is 0 Å². The van der Waals surface area contributed by atoms with Crippen molar-refractivity contribution in [2.24, 2.45) is 0 Å². The number of carbonyl (C=O) groups excluding carboxylic acids is 1. The van der Waals surface area contributed by atoms with Crippen molar-refractivity contribution in [2.75, 3.05) is 31.1 Å². The summed E-state index contributed by atoms with van der Waals surface area (Å²) >= 11 is 3.39. The van der Waals surface area contributed by atoms with E-state index in [0.29, 0.717) is 43.6 Å². The minimum atomic E-state index is 0.0534. The normalized spacial score (nSPS) is 15.3. The molecule has 0 spiro atoms. The van der Waals surface area contributed by atoms with Gasteiger partial charge in [-0.15, -0.1) is 5.10 Å². The Morgan fingerprint density at radius 2 is 2.00 bits per heavy atom. The van der Waals surface area contributed by atoms with Crippen LogP contribution in [0.3, 0.4) is 0 Å². The van der Waals surface area contributed by atoms with Crippen molar-refractivity contribution < 1.29 is 9.21 Å². The van der Waals surface area contributed by atoms with Crippen molar-refractivity contribution in [3.8, 4) is 0 Å². The summed E-state index contributed by atoms with van der Waals surface area (Å²) in [6.45, 7) is 4.45. The lowest BCUT2D eigenvalue weighted by Gasteiger charge is -2.33. The van der Waals surface area contributed by atoms with Gasteiger partial charge in [-0.05, 0) is 18.2 Å². The first kappa shape index (κ1) is 14.1. The van der Waals surface area contributed by atoms with Crippen LogP contribution in [-0.4, -0.2) is 47.2 Å². The van der Waals surface area contributed by atoms with E-state index in [9.17, 15) is 4.79 Å². The number of carbonyl (C=O) groups is 1. The molecule has 1 amide bonds. The lowest BCUT2D eigenvalue weighted by molar-refractivity contribution is 0.0745. The Kier molecular flexibility index (Phi) is 3.92. The van der Waals surface area contributed by atoms with Crippen molar-refractivity contribution in [3.05, 3.63) is 40.2 Å². The highest BCUT2D eigenvalue weighted by Crippen LogP contribution is 2.17. The molecule has 0 bridgehead atoms. The van der Waals surface area contributed by atoms with Crippen LogP contribution in [-0.2, 0) is 0 Å². The van der Waals surface area contributed by atoms with Gasteiger partial charge >= 0.3 is 6.01 Å². The third-order valence-electron chi connectivity index (χ3n) is 3.42. The summed E-state index contributed by atoms with van der Waals surface area (Å²) in [5, 5.41) is 7.84. The zero-order chi connectivity index (χ0) is 14.8. The Morgan fingerprint density at radius 1 is 1.24 bits per heavy atom. The van der Waals surface area contributed by atoms with Crippen LogP contribution in [0.5, 0.6) is 0 Å². The summed E-state index contributed by atoms with van der Waals surface area (Å²) in [5.41, 5.74) is 0.700. The quantitative estimate of drug-likeness (QED) is 0.829. The molecule has 0 aliphatic carbocycles. The maximum Gasteiger partial charge on any atom is 0.318 e. The van der Waals surface area contributed by atoms with Gasteiger partial charge in [-0.2, -0.15) is 0 Å². The number of anilines is 1. The van der Waals surface area contributed by atoms with Gasteiger partial charge in [-0.1, -0.05) is 27.1 Å². The van der Waals surface area contributed by atoms with Crippen LogP contribution < -0.4 is 4.90 Å². The van der Waals surface area contributed by atoms with Gasteiger partial charge in [0, 0.05) is 43.1 Å². The molecule has 3 rings (SSSR count). The number of aryl methyl sites for hydroxylation is 1. The number of amides is 1. The number of nitrogens with zero attached hydrogens (tertiary/aromatic N) is 4. The third-order valence-corrected chi connectivity index (χ3v) is 3.92. The average Bonchev–Trinajstić information content (AvgIpc) is 2.93. The molecule has 0 saturated carbocycles. The number of aromatic nitrogens is 2. The molecule has 1 aliphatic rings. The molecule has 21 heavy (non-hydrogen) atoms. The van der Waals surface area contributed by atoms with E-state index in [1.807, 2.05) is 34.1 Å². The van der Waals surface area contributed by atoms with E-state index in [0.717, 1.165) is 4.47 Å². The van der Waals surface area contributed by atoms with Crippen LogP contribution in [0.4, 0.5) is 6.01 Å². The minimum Gasteiger partial charge on any atom is -0.408 e. The molecule has 0 N–H and O–H groups in total. The fraction of sp³-hybridized carbons (Fsp3) is 0.357. The van der Waals surface area contributed by atoms with Crippen LogP contribution in [0.2, 0.25) is 0 Å². The van der Waals surface area contributed by atoms with Crippen molar-refractivity contribution in [2.45, 2.75) is 6.92 Å². The van der Waals surface area contributed by atoms with E-state index in [-0.39, 0.29) is 5.91 Å². The number of hydrogen-bond acceptors (Lipinski definition) is 5. The summed E-state index contributed by atoms with van der Waals surface area (Å²) in [5.74, 6) is 0.607. The van der Waals surface area contributed by atoms with Crippen molar-refractivity contribution in [1.82, 2.24) is 15.1 Å². The molecule has 0 radical (unpaired) electrons. The predicted molar refractivity (Wildman–Crippen MR) is 81.3 cm³/mol. The molecule has 1 fully saturated rings. The highest BCUT2D eigenvalue weighted by molar-refractivity contribution is 9.10. The molecule has 1 saturated heterocycles. The highest BCUT2D eigenvalue weighted by Gasteiger charge is 2.24. The topological polar surface area (TPSA) is 62.5 Å². The fourth-order valence-corrected chi connectivity index (χ4v) is 2.72. The average molecular weight is 351 g/mol. The Bertz CT molecular complexity index is 650. The predicted octanol–water partition coefficient (Wildman–Crippen LogP) is 2.10. The minimum absolute atomic E-state index is 0.0534. The van der Waals surface area contributed by atoms with Crippen molar-refractivity contribution in [3.63, 3.8) is 0 Å². The summed E-state index contributed by atoms with van der Waals surface area (Å²) in [7, 11) is 0. The molecule has 2 heterocycles. The van der Waals surface area contributed by atoms with Gasteiger partial charge in [0.25, 0.3) is 5.91 Å². The Hall–Kier alpha value is -1.89. The molecule has 1 aromatic carbocycles. The van der Waals surface area contributed by atoms with Crippen molar-refractivity contribution in [1.29, 1.82) is 0 Å². The summed E-state index contributed by atoms with van der Waals surface area (Å²) in [6.07, 6.45) is 0. The van der Waals surface area contributed by atoms with Gasteiger partial charge in [0.05, 0.1) is 0 Å². The molecule has 0 atom stereocenters. The van der Waals surface area contributed by atoms with Gasteiger partial charge in [-0.25, -0.2) is 0 Å². The van der Waals surface area contributed by atoms with Crippen LogP contribution >= 0.6 is 15.9 Å². The first-order valence-electron chi connectivity index (χ1n) is 6.73. The molecule has 1 aliphatic heterocycles. The first-order chi connectivity index (χ1) is 10.1. The second-order valence-corrected chi connectivity index (χ2v) is 5.81. The molecule has 6 nitrogen and oxygen atoms in total. The van der Waals surface area contributed by atoms with Crippen LogP contribution in [0.1, 0.15) is 16.2 Å². The zero-order valence-electron chi connectivity index (χ0n) is 11.6. The molecule has 7 heteroatoms. The van der Waals surface area contributed by atoms with Crippen LogP contribution in [0.25, 0.3) is 0 Å². The van der Waals surface area contributed by atoms with E-state index in [1.165, 1.54) is 0 Å². The number of halogens is 1. The number of benzene rings is 1. The highest BCUT2D eigenvalue weighted by atomic mass is 79.9. The molecular weight excluding hydrogens is 336 g/mol. The monoisotopic (exact) mass is 350 g/mol. The van der Waals surface area contributed by atoms with Gasteiger partial charge in [0.1, 0.15) is 0 Å². The standard InChI is InChI=1S/C14H15BrN4O2/c1-10-16-17-14(21-10)19-7-5-18(6-8-19)13(20)11-3-2-4-12(15)9-11/h2-4,9H,5-8H2,1H3. The second kappa shape index (κ2) is 5.85. The summed E-state index contributed by atoms with van der Waals surface area (Å²) in [6, 6.07) is 7.99. The molecule has 2 aromatic rings. The van der Waals surface area contributed by atoms with E-state index >= 15 is 0 Å². The SMILES string of the molecule is Cc1nnc(N2CCN(C(=O)c3cccc(Br)c3)CC2)o1. The van der Waals surface area contributed by atoms with Gasteiger partial charge in [0.2, 0.25) is 5.89 Å². The van der Waals surface area contributed by atoms with Crippen molar-refractivity contribution >= 4 is 27.9 Å². The fourth-order valence-electron chi connectivity index (χ4n) is 2.32. The maximum absolute atomic E-state index is 12.4. The van der Waals surface area contributed by atoms with E-state index in [4.69, 9.17) is 4.42 Å². The Labute approximate surface area is 130 Å². The largest absolute Gasteiger partial charge is 0.408 e. The van der Waals surface area contributed by atoms with E-state index in [1.54, 1.807) is 6.92 Å². The lowest BCUT2D eigenvalue weighted by Crippen LogP contribution is -2.48. The van der Waals surface area contributed by atoms with E-state index in [2.05, 4.69) is 26.1 Å². The Morgan fingerprint density at radius 3 is 2.62 bits per heavy atom. The summed E-state index contributed by atoms with van der Waals surface area (Å²) < 4.78 is 6.32. The number of piperazine rings is 1. The molecular formula is C14H15BrN4O2. The van der Waals surface area contributed by atoms with Crippen LogP contribution in [0, 0.1) is 6.92 Å². The third kappa shape index (κ3) is 3.07. The number of hydrogen-bond donors (Lipinski definition) is 0.